The van der Waals surface area contributed by atoms with E-state index in [0.717, 1.165) is 62.3 Å². The Morgan fingerprint density at radius 3 is 1.32 bits per heavy atom. The van der Waals surface area contributed by atoms with Crippen molar-refractivity contribution in [1.29, 1.82) is 0 Å². The van der Waals surface area contributed by atoms with Gasteiger partial charge in [0.2, 0.25) is 0 Å². The summed E-state index contributed by atoms with van der Waals surface area (Å²) >= 11 is 3.68. The Morgan fingerprint density at radius 2 is 0.709 bits per heavy atom. The predicted octanol–water partition coefficient (Wildman–Crippen LogP) is 22.2. The summed E-state index contributed by atoms with van der Waals surface area (Å²) < 4.78 is 2.55. The van der Waals surface area contributed by atoms with E-state index in [1.54, 1.807) is 0 Å². The molecule has 372 valence electrons. The molecule has 2 heterocycles. The Morgan fingerprint density at radius 1 is 0.266 bits per heavy atom. The highest BCUT2D eigenvalue weighted by atomic mass is 32.2. The molecule has 0 saturated heterocycles. The first-order valence-corrected chi connectivity index (χ1v) is 28.4. The molecule has 1 aliphatic rings. The van der Waals surface area contributed by atoms with Crippen molar-refractivity contribution in [3.63, 3.8) is 0 Å². The van der Waals surface area contributed by atoms with Crippen molar-refractivity contribution < 1.29 is 0 Å². The molecular weight excluding hydrogens is 995 g/mol. The zero-order chi connectivity index (χ0) is 52.2. The van der Waals surface area contributed by atoms with Crippen molar-refractivity contribution >= 4 is 116 Å². The van der Waals surface area contributed by atoms with Gasteiger partial charge in [-0.2, -0.15) is 0 Å². The molecule has 14 aromatic rings. The third-order valence-corrected chi connectivity index (χ3v) is 17.7. The zero-order valence-corrected chi connectivity index (χ0v) is 44.6. The number of hydrogen-bond acceptors (Lipinski definition) is 5. The molecule has 3 nitrogen and oxygen atoms in total. The molecule has 0 spiro atoms. The van der Waals surface area contributed by atoms with Crippen LogP contribution in [0.4, 0.5) is 51.2 Å². The Kier molecular flexibility index (Phi) is 11.6. The van der Waals surface area contributed by atoms with Crippen LogP contribution in [0.15, 0.2) is 307 Å². The Bertz CT molecular complexity index is 4530. The van der Waals surface area contributed by atoms with E-state index in [4.69, 9.17) is 0 Å². The van der Waals surface area contributed by atoms with Gasteiger partial charge in [-0.05, 0) is 147 Å². The summed E-state index contributed by atoms with van der Waals surface area (Å²) in [6.07, 6.45) is 0. The smallest absolute Gasteiger partial charge is 0.0601 e. The van der Waals surface area contributed by atoms with Crippen LogP contribution in [0.25, 0.3) is 75.1 Å². The summed E-state index contributed by atoms with van der Waals surface area (Å²) in [6.45, 7) is 0. The Hall–Kier alpha value is -9.65. The second kappa shape index (κ2) is 19.7. The number of benzene rings is 13. The molecule has 13 aromatic carbocycles. The highest BCUT2D eigenvalue weighted by Crippen LogP contribution is 2.54. The van der Waals surface area contributed by atoms with Gasteiger partial charge >= 0.3 is 0 Å². The molecule has 0 bridgehead atoms. The van der Waals surface area contributed by atoms with Gasteiger partial charge in [0.25, 0.3) is 0 Å². The van der Waals surface area contributed by atoms with E-state index in [1.807, 2.05) is 23.1 Å². The average molecular weight is 1040 g/mol. The summed E-state index contributed by atoms with van der Waals surface area (Å²) in [4.78, 5) is 9.84. The maximum atomic E-state index is 2.52. The number of anilines is 9. The lowest BCUT2D eigenvalue weighted by Gasteiger charge is -2.36. The van der Waals surface area contributed by atoms with Crippen LogP contribution in [0.2, 0.25) is 0 Å². The molecule has 0 saturated carbocycles. The Labute approximate surface area is 468 Å². The number of fused-ring (bicyclic) bond motifs is 8. The quantitative estimate of drug-likeness (QED) is 0.126. The van der Waals surface area contributed by atoms with Crippen LogP contribution >= 0.6 is 23.1 Å². The van der Waals surface area contributed by atoms with Gasteiger partial charge in [-0.3, -0.25) is 0 Å². The summed E-state index contributed by atoms with van der Waals surface area (Å²) in [6, 6.07) is 109. The maximum Gasteiger partial charge on any atom is 0.0601 e. The van der Waals surface area contributed by atoms with Gasteiger partial charge in [-0.1, -0.05) is 212 Å². The number of nitrogens with zero attached hydrogens (tertiary/aromatic N) is 3. The minimum atomic E-state index is 1.02. The second-order valence-electron chi connectivity index (χ2n) is 20.1. The number of para-hydroxylation sites is 2. The fraction of sp³-hybridized carbons (Fsp3) is 0. The van der Waals surface area contributed by atoms with Crippen LogP contribution in [-0.2, 0) is 0 Å². The van der Waals surface area contributed by atoms with Crippen molar-refractivity contribution in [3.05, 3.63) is 297 Å². The van der Waals surface area contributed by atoms with Crippen molar-refractivity contribution in [2.75, 3.05) is 14.7 Å². The summed E-state index contributed by atoms with van der Waals surface area (Å²) in [5.41, 5.74) is 16.7. The minimum absolute atomic E-state index is 1.02. The first-order valence-electron chi connectivity index (χ1n) is 26.8. The number of hydrogen-bond donors (Lipinski definition) is 0. The third-order valence-electron chi connectivity index (χ3n) is 15.4. The first-order chi connectivity index (χ1) is 39.1. The van der Waals surface area contributed by atoms with Gasteiger partial charge in [0.1, 0.15) is 0 Å². The SMILES string of the molecule is c1ccc(-c2ccc(-c3ccc(N(c4ccc(-c5ccccc5)cc4)c4cc(N5c6ccccc6Sc6ccccc65)cc(N(c5ccc6sc7ccccc7c6c5)c5cc6ccccc6c6ccccc56)c4)cc3)cc2)cc1. The molecule has 1 aromatic heterocycles. The van der Waals surface area contributed by atoms with Gasteiger partial charge in [0.15, 0.2) is 0 Å². The highest BCUT2D eigenvalue weighted by Gasteiger charge is 2.28. The lowest BCUT2D eigenvalue weighted by Crippen LogP contribution is -2.18. The zero-order valence-electron chi connectivity index (χ0n) is 42.9. The largest absolute Gasteiger partial charge is 0.310 e. The van der Waals surface area contributed by atoms with Gasteiger partial charge in [-0.25, -0.2) is 0 Å². The monoisotopic (exact) mass is 1040 g/mol. The normalized spacial score (nSPS) is 12.0. The molecule has 0 aliphatic carbocycles. The van der Waals surface area contributed by atoms with Crippen LogP contribution in [-0.4, -0.2) is 0 Å². The molecule has 1 aliphatic heterocycles. The van der Waals surface area contributed by atoms with Crippen molar-refractivity contribution in [2.45, 2.75) is 9.79 Å². The number of rotatable bonds is 10. The van der Waals surface area contributed by atoms with E-state index in [-0.39, 0.29) is 0 Å². The molecule has 0 radical (unpaired) electrons. The average Bonchev–Trinajstić information content (AvgIpc) is 4.04. The summed E-state index contributed by atoms with van der Waals surface area (Å²) in [5, 5.41) is 7.32. The van der Waals surface area contributed by atoms with E-state index in [2.05, 4.69) is 312 Å². The highest BCUT2D eigenvalue weighted by molar-refractivity contribution is 7.99. The van der Waals surface area contributed by atoms with Crippen molar-refractivity contribution in [1.82, 2.24) is 0 Å². The molecule has 0 N–H and O–H groups in total. The molecule has 0 atom stereocenters. The maximum absolute atomic E-state index is 2.52. The van der Waals surface area contributed by atoms with E-state index in [1.165, 1.54) is 73.8 Å². The number of thiophene rings is 1. The Balaban J connectivity index is 0.989. The second-order valence-corrected chi connectivity index (χ2v) is 22.3. The van der Waals surface area contributed by atoms with Gasteiger partial charge in [0.05, 0.1) is 34.1 Å². The molecule has 79 heavy (non-hydrogen) atoms. The van der Waals surface area contributed by atoms with E-state index >= 15 is 0 Å². The standard InChI is InChI=1S/C74H49N3S2/c1-3-17-50(18-4-1)52-31-33-53(34-32-52)55-37-41-58(42-38-55)75(57-39-35-54(36-40-57)51-19-5-2-6-20-51)60-46-61(48-62(47-60)77-68-26-12-15-29-73(68)79-74-30-16-13-27-69(74)77)76(59-43-44-72-67(49-59)66-25-11-14-28-71(66)78-72)70-45-56-21-7-8-22-63(56)64-23-9-10-24-65(64)70/h1-49H. The van der Waals surface area contributed by atoms with Gasteiger partial charge in [-0.15, -0.1) is 11.3 Å². The lowest BCUT2D eigenvalue weighted by molar-refractivity contribution is 1.16. The van der Waals surface area contributed by atoms with E-state index in [0.29, 0.717) is 0 Å². The predicted molar refractivity (Wildman–Crippen MR) is 339 cm³/mol. The molecule has 5 heteroatoms. The van der Waals surface area contributed by atoms with E-state index in [9.17, 15) is 0 Å². The lowest BCUT2D eigenvalue weighted by atomic mass is 9.98. The van der Waals surface area contributed by atoms with Crippen LogP contribution in [0, 0.1) is 0 Å². The van der Waals surface area contributed by atoms with Gasteiger partial charge in [0, 0.05) is 52.4 Å². The molecule has 15 rings (SSSR count). The van der Waals surface area contributed by atoms with E-state index < -0.39 is 0 Å². The molecule has 0 amide bonds. The van der Waals surface area contributed by atoms with Crippen molar-refractivity contribution in [3.8, 4) is 33.4 Å². The van der Waals surface area contributed by atoms with Crippen LogP contribution in [0.3, 0.4) is 0 Å². The van der Waals surface area contributed by atoms with Crippen molar-refractivity contribution in [2.24, 2.45) is 0 Å². The molecule has 0 fully saturated rings. The summed E-state index contributed by atoms with van der Waals surface area (Å²) in [5.74, 6) is 0. The topological polar surface area (TPSA) is 9.72 Å². The van der Waals surface area contributed by atoms with Crippen LogP contribution in [0.1, 0.15) is 0 Å². The fourth-order valence-corrected chi connectivity index (χ4v) is 13.8. The van der Waals surface area contributed by atoms with Crippen LogP contribution < -0.4 is 14.7 Å². The fourth-order valence-electron chi connectivity index (χ4n) is 11.6. The third kappa shape index (κ3) is 8.48. The summed E-state index contributed by atoms with van der Waals surface area (Å²) in [7, 11) is 0. The first kappa shape index (κ1) is 46.6. The van der Waals surface area contributed by atoms with Gasteiger partial charge < -0.3 is 14.7 Å². The van der Waals surface area contributed by atoms with Crippen LogP contribution in [0.5, 0.6) is 0 Å². The molecular formula is C74H49N3S2. The minimum Gasteiger partial charge on any atom is -0.310 e. The molecule has 0 unspecified atom stereocenters.